The lowest BCUT2D eigenvalue weighted by atomic mass is 9.97. The van der Waals surface area contributed by atoms with Crippen LogP contribution >= 0.6 is 0 Å². The summed E-state index contributed by atoms with van der Waals surface area (Å²) in [5.74, 6) is -2.85. The van der Waals surface area contributed by atoms with Crippen molar-refractivity contribution in [3.63, 3.8) is 0 Å². The molecule has 0 saturated carbocycles. The zero-order valence-electron chi connectivity index (χ0n) is 8.39. The SMILES string of the molecule is CS(=O)(=O)C(O)[C@@]1(O)OC[C@@H](O)[C@@H](O)[C@@H]1O. The highest BCUT2D eigenvalue weighted by Gasteiger charge is 2.56. The first-order valence-electron chi connectivity index (χ1n) is 4.38. The molecule has 5 atom stereocenters. The maximum Gasteiger partial charge on any atom is 0.236 e. The summed E-state index contributed by atoms with van der Waals surface area (Å²) in [5, 5.41) is 46.7. The summed E-state index contributed by atoms with van der Waals surface area (Å²) in [6.07, 6.45) is -4.79. The van der Waals surface area contributed by atoms with Crippen LogP contribution in [-0.4, -0.2) is 76.3 Å². The first-order valence-corrected chi connectivity index (χ1v) is 6.33. The average Bonchev–Trinajstić information content (AvgIpc) is 2.18. The smallest absolute Gasteiger partial charge is 0.236 e. The Kier molecular flexibility index (Phi) is 3.60. The van der Waals surface area contributed by atoms with E-state index in [2.05, 4.69) is 4.74 Å². The van der Waals surface area contributed by atoms with Gasteiger partial charge in [0.1, 0.15) is 18.3 Å². The fourth-order valence-corrected chi connectivity index (χ4v) is 2.20. The molecule has 9 heteroatoms. The zero-order chi connectivity index (χ0) is 12.7. The lowest BCUT2D eigenvalue weighted by Gasteiger charge is -2.43. The Morgan fingerprint density at radius 3 is 2.31 bits per heavy atom. The van der Waals surface area contributed by atoms with E-state index in [1.54, 1.807) is 0 Å². The van der Waals surface area contributed by atoms with Crippen molar-refractivity contribution >= 4 is 9.84 Å². The number of rotatable bonds is 2. The average molecular weight is 258 g/mol. The Morgan fingerprint density at radius 2 is 1.88 bits per heavy atom. The van der Waals surface area contributed by atoms with Crippen LogP contribution in [0.3, 0.4) is 0 Å². The molecule has 0 spiro atoms. The van der Waals surface area contributed by atoms with Gasteiger partial charge in [0.25, 0.3) is 0 Å². The van der Waals surface area contributed by atoms with Gasteiger partial charge in [-0.15, -0.1) is 0 Å². The predicted octanol–water partition coefficient (Wildman–Crippen LogP) is -3.85. The Morgan fingerprint density at radius 1 is 1.38 bits per heavy atom. The van der Waals surface area contributed by atoms with Gasteiger partial charge in [-0.3, -0.25) is 0 Å². The van der Waals surface area contributed by atoms with Crippen molar-refractivity contribution in [1.29, 1.82) is 0 Å². The molecule has 1 rings (SSSR count). The molecule has 1 heterocycles. The van der Waals surface area contributed by atoms with Crippen molar-refractivity contribution in [3.05, 3.63) is 0 Å². The van der Waals surface area contributed by atoms with Crippen LogP contribution in [0, 0.1) is 0 Å². The number of aliphatic hydroxyl groups excluding tert-OH is 4. The van der Waals surface area contributed by atoms with Gasteiger partial charge in [0, 0.05) is 6.26 Å². The molecular formula is C7H14O8S. The van der Waals surface area contributed by atoms with Crippen molar-refractivity contribution in [3.8, 4) is 0 Å². The van der Waals surface area contributed by atoms with E-state index in [0.29, 0.717) is 6.26 Å². The van der Waals surface area contributed by atoms with Gasteiger partial charge < -0.3 is 30.3 Å². The zero-order valence-corrected chi connectivity index (χ0v) is 9.20. The minimum absolute atomic E-state index is 0.610. The van der Waals surface area contributed by atoms with Crippen LogP contribution in [0.1, 0.15) is 0 Å². The Hall–Kier alpha value is -0.290. The highest BCUT2D eigenvalue weighted by molar-refractivity contribution is 7.91. The molecule has 5 N–H and O–H groups in total. The maximum atomic E-state index is 11.0. The third kappa shape index (κ3) is 2.20. The molecular weight excluding hydrogens is 244 g/mol. The highest BCUT2D eigenvalue weighted by atomic mass is 32.2. The monoisotopic (exact) mass is 258 g/mol. The molecule has 0 aromatic heterocycles. The molecule has 16 heavy (non-hydrogen) atoms. The molecule has 0 bridgehead atoms. The highest BCUT2D eigenvalue weighted by Crippen LogP contribution is 2.29. The molecule has 1 aliphatic rings. The van der Waals surface area contributed by atoms with Crippen molar-refractivity contribution in [1.82, 2.24) is 0 Å². The van der Waals surface area contributed by atoms with Crippen molar-refractivity contribution in [2.45, 2.75) is 29.5 Å². The van der Waals surface area contributed by atoms with Crippen LogP contribution in [-0.2, 0) is 14.6 Å². The van der Waals surface area contributed by atoms with Crippen molar-refractivity contribution in [2.75, 3.05) is 12.9 Å². The topological polar surface area (TPSA) is 145 Å². The van der Waals surface area contributed by atoms with Gasteiger partial charge in [-0.05, 0) is 0 Å². The summed E-state index contributed by atoms with van der Waals surface area (Å²) in [7, 11) is -4.11. The second-order valence-electron chi connectivity index (χ2n) is 3.75. The van der Waals surface area contributed by atoms with Crippen LogP contribution in [0.25, 0.3) is 0 Å². The second kappa shape index (κ2) is 4.18. The Balaban J connectivity index is 3.02. The summed E-state index contributed by atoms with van der Waals surface area (Å²) < 4.78 is 26.6. The van der Waals surface area contributed by atoms with E-state index in [4.69, 9.17) is 5.11 Å². The molecule has 1 saturated heterocycles. The van der Waals surface area contributed by atoms with Gasteiger partial charge >= 0.3 is 0 Å². The molecule has 0 aliphatic carbocycles. The summed E-state index contributed by atoms with van der Waals surface area (Å²) in [6.45, 7) is -0.610. The predicted molar refractivity (Wildman–Crippen MR) is 49.8 cm³/mol. The fraction of sp³-hybridized carbons (Fsp3) is 1.00. The molecule has 1 fully saturated rings. The van der Waals surface area contributed by atoms with E-state index >= 15 is 0 Å². The molecule has 8 nitrogen and oxygen atoms in total. The third-order valence-corrected chi connectivity index (χ3v) is 3.54. The standard InChI is InChI=1S/C7H14O8S/c1-16(13,14)6(11)7(12)5(10)4(9)3(8)2-15-7/h3-6,8-12H,2H2,1H3/t3-,4-,5+,6?,7+/m1/s1. The van der Waals surface area contributed by atoms with Crippen molar-refractivity contribution < 1.29 is 38.7 Å². The lowest BCUT2D eigenvalue weighted by molar-refractivity contribution is -0.338. The van der Waals surface area contributed by atoms with Crippen LogP contribution in [0.15, 0.2) is 0 Å². The molecule has 96 valence electrons. The molecule has 0 aromatic carbocycles. The Labute approximate surface area is 91.6 Å². The molecule has 0 amide bonds. The largest absolute Gasteiger partial charge is 0.388 e. The normalized spacial score (nSPS) is 43.0. The molecule has 1 unspecified atom stereocenters. The van der Waals surface area contributed by atoms with Crippen LogP contribution < -0.4 is 0 Å². The van der Waals surface area contributed by atoms with Crippen LogP contribution in [0.5, 0.6) is 0 Å². The van der Waals surface area contributed by atoms with Gasteiger partial charge in [-0.25, -0.2) is 8.42 Å². The lowest BCUT2D eigenvalue weighted by Crippen LogP contribution is -2.67. The summed E-state index contributed by atoms with van der Waals surface area (Å²) in [5.41, 5.74) is -2.42. The maximum absolute atomic E-state index is 11.0. The minimum Gasteiger partial charge on any atom is -0.388 e. The first kappa shape index (κ1) is 13.8. The third-order valence-electron chi connectivity index (χ3n) is 2.39. The molecule has 0 aromatic rings. The number of ether oxygens (including phenoxy) is 1. The fourth-order valence-electron chi connectivity index (χ4n) is 1.38. The van der Waals surface area contributed by atoms with E-state index in [-0.39, 0.29) is 0 Å². The summed E-state index contributed by atoms with van der Waals surface area (Å²) in [4.78, 5) is 0. The minimum atomic E-state index is -4.11. The number of hydrogen-bond donors (Lipinski definition) is 5. The number of aliphatic hydroxyl groups is 5. The van der Waals surface area contributed by atoms with Gasteiger partial charge in [0.05, 0.1) is 6.61 Å². The number of hydrogen-bond acceptors (Lipinski definition) is 8. The quantitative estimate of drug-likeness (QED) is 0.338. The second-order valence-corrected chi connectivity index (χ2v) is 5.85. The summed E-state index contributed by atoms with van der Waals surface area (Å²) >= 11 is 0. The molecule has 0 radical (unpaired) electrons. The van der Waals surface area contributed by atoms with E-state index in [1.807, 2.05) is 0 Å². The summed E-state index contributed by atoms with van der Waals surface area (Å²) in [6, 6.07) is 0. The number of sulfone groups is 1. The van der Waals surface area contributed by atoms with Crippen molar-refractivity contribution in [2.24, 2.45) is 0 Å². The van der Waals surface area contributed by atoms with Gasteiger partial charge in [0.15, 0.2) is 9.84 Å². The van der Waals surface area contributed by atoms with E-state index in [1.165, 1.54) is 0 Å². The van der Waals surface area contributed by atoms with Crippen LogP contribution in [0.2, 0.25) is 0 Å². The van der Waals surface area contributed by atoms with Gasteiger partial charge in [0.2, 0.25) is 11.2 Å². The van der Waals surface area contributed by atoms with Crippen LogP contribution in [0.4, 0.5) is 0 Å². The van der Waals surface area contributed by atoms with Gasteiger partial charge in [-0.2, -0.15) is 0 Å². The van der Waals surface area contributed by atoms with Gasteiger partial charge in [-0.1, -0.05) is 0 Å². The first-order chi connectivity index (χ1) is 7.10. The molecule has 1 aliphatic heterocycles. The van der Waals surface area contributed by atoms with E-state index in [9.17, 15) is 28.8 Å². The van der Waals surface area contributed by atoms with E-state index in [0.717, 1.165) is 0 Å². The van der Waals surface area contributed by atoms with E-state index < -0.39 is 46.0 Å². The Bertz CT molecular complexity index is 353.